The van der Waals surface area contributed by atoms with Gasteiger partial charge in [-0.25, -0.2) is 18.1 Å². The largest absolute Gasteiger partial charge is 0.475 e. The molecule has 0 spiro atoms. The monoisotopic (exact) mass is 629 g/mol. The summed E-state index contributed by atoms with van der Waals surface area (Å²) in [5.74, 6) is -0.819. The molecule has 4 bridgehead atoms. The minimum Gasteiger partial charge on any atom is -0.475 e. The maximum Gasteiger partial charge on any atom is 0.394 e. The second-order valence-corrected chi connectivity index (χ2v) is 14.0. The number of sulfonamides is 1. The van der Waals surface area contributed by atoms with Crippen LogP contribution in [0.5, 0.6) is 5.88 Å². The zero-order valence-corrected chi connectivity index (χ0v) is 25.7. The highest BCUT2D eigenvalue weighted by atomic mass is 32.2. The third-order valence-corrected chi connectivity index (χ3v) is 10.3. The molecule has 2 aromatic carbocycles. The van der Waals surface area contributed by atoms with E-state index in [0.717, 1.165) is 16.7 Å². The van der Waals surface area contributed by atoms with E-state index in [1.165, 1.54) is 29.2 Å². The molecule has 1 aliphatic heterocycles. The standard InChI is InChI=1S/C31H34F3N5O4S/c1-18-7-5-8-19(2)27(18)23-14-26-36-29(35-23)37-44(41,42)22-10-6-9-20(13-22)28(40)39(25-15-24(25)38(3)4)21(17-43-26)16-30(11-12-30)31(32,33)34/h5-10,13-14,21,24-25H,11-12,15-17H2,1-4H3,(H,35,36,37)/t21-,24-,25?/m1/s1. The Labute approximate surface area is 254 Å². The lowest BCUT2D eigenvalue weighted by Gasteiger charge is -2.36. The number of nitrogens with one attached hydrogen (secondary N) is 1. The summed E-state index contributed by atoms with van der Waals surface area (Å²) >= 11 is 0. The van der Waals surface area contributed by atoms with Crippen LogP contribution in [0.15, 0.2) is 53.4 Å². The van der Waals surface area contributed by atoms with Crippen LogP contribution < -0.4 is 9.46 Å². The second kappa shape index (κ2) is 10.7. The van der Waals surface area contributed by atoms with Crippen molar-refractivity contribution in [2.24, 2.45) is 5.41 Å². The molecule has 0 saturated heterocycles. The van der Waals surface area contributed by atoms with Gasteiger partial charge in [-0.15, -0.1) is 0 Å². The van der Waals surface area contributed by atoms with E-state index in [-0.39, 0.29) is 60.2 Å². The van der Waals surface area contributed by atoms with Gasteiger partial charge in [-0.05, 0) is 83.0 Å². The Morgan fingerprint density at radius 2 is 1.75 bits per heavy atom. The van der Waals surface area contributed by atoms with Gasteiger partial charge < -0.3 is 14.5 Å². The first-order chi connectivity index (χ1) is 20.7. The summed E-state index contributed by atoms with van der Waals surface area (Å²) < 4.78 is 78.4. The van der Waals surface area contributed by atoms with Crippen LogP contribution in [0.1, 0.15) is 47.2 Å². The first-order valence-electron chi connectivity index (χ1n) is 14.5. The molecule has 3 atom stereocenters. The summed E-state index contributed by atoms with van der Waals surface area (Å²) in [5.41, 5.74) is 1.05. The molecular weight excluding hydrogens is 595 g/mol. The summed E-state index contributed by atoms with van der Waals surface area (Å²) in [6.45, 7) is 3.52. The molecule has 44 heavy (non-hydrogen) atoms. The average Bonchev–Trinajstić information content (AvgIpc) is 3.87. The number of ether oxygens (including phenoxy) is 1. The Morgan fingerprint density at radius 3 is 2.36 bits per heavy atom. The molecule has 234 valence electrons. The maximum absolute atomic E-state index is 14.3. The summed E-state index contributed by atoms with van der Waals surface area (Å²) in [7, 11) is -0.544. The Kier molecular flexibility index (Phi) is 7.39. The third-order valence-electron chi connectivity index (χ3n) is 8.93. The number of likely N-dealkylation sites (N-methyl/N-ethyl adjacent to an activating group) is 1. The van der Waals surface area contributed by atoms with Crippen molar-refractivity contribution in [2.75, 3.05) is 25.4 Å². The number of aryl methyl sites for hydroxylation is 2. The highest BCUT2D eigenvalue weighted by Crippen LogP contribution is 2.61. The van der Waals surface area contributed by atoms with Crippen molar-refractivity contribution in [3.63, 3.8) is 0 Å². The van der Waals surface area contributed by atoms with Crippen molar-refractivity contribution in [3.8, 4) is 17.1 Å². The van der Waals surface area contributed by atoms with Gasteiger partial charge in [-0.2, -0.15) is 18.2 Å². The average molecular weight is 630 g/mol. The van der Waals surface area contributed by atoms with Crippen LogP contribution >= 0.6 is 0 Å². The van der Waals surface area contributed by atoms with Crippen molar-refractivity contribution in [3.05, 3.63) is 65.2 Å². The second-order valence-electron chi connectivity index (χ2n) is 12.3. The first kappa shape index (κ1) is 30.3. The number of rotatable bonds is 5. The van der Waals surface area contributed by atoms with Gasteiger partial charge in [0.25, 0.3) is 15.9 Å². The van der Waals surface area contributed by atoms with Crippen LogP contribution in [0.25, 0.3) is 11.3 Å². The van der Waals surface area contributed by atoms with Crippen LogP contribution in [0.2, 0.25) is 0 Å². The number of carbonyl (C=O) groups excluding carboxylic acids is 1. The maximum atomic E-state index is 14.3. The molecule has 0 radical (unpaired) electrons. The normalized spacial score (nSPS) is 24.0. The van der Waals surface area contributed by atoms with Gasteiger partial charge in [0.15, 0.2) is 0 Å². The fourth-order valence-corrected chi connectivity index (χ4v) is 7.24. The number of aromatic nitrogens is 2. The number of halogens is 3. The van der Waals surface area contributed by atoms with E-state index in [1.54, 1.807) is 6.07 Å². The summed E-state index contributed by atoms with van der Waals surface area (Å²) in [5, 5.41) is 0. The summed E-state index contributed by atoms with van der Waals surface area (Å²) in [6.07, 6.45) is -4.26. The number of hydrogen-bond donors (Lipinski definition) is 1. The van der Waals surface area contributed by atoms with E-state index in [1.807, 2.05) is 51.0 Å². The SMILES string of the molecule is Cc1cccc(C)c1-c1cc2nc(n1)NS(=O)(=O)c1cccc(c1)C(=O)N(C1C[C@H]1N(C)C)[C@H](CC1(C(F)(F)F)CC1)CO2. The number of fused-ring (bicyclic) bond motifs is 4. The zero-order chi connectivity index (χ0) is 31.6. The van der Waals surface area contributed by atoms with Crippen molar-refractivity contribution in [1.82, 2.24) is 19.8 Å². The van der Waals surface area contributed by atoms with Gasteiger partial charge >= 0.3 is 6.18 Å². The molecule has 6 rings (SSSR count). The molecule has 1 unspecified atom stereocenters. The molecule has 2 heterocycles. The van der Waals surface area contributed by atoms with Crippen LogP contribution in [-0.2, 0) is 10.0 Å². The molecule has 2 aliphatic carbocycles. The number of hydrogen-bond acceptors (Lipinski definition) is 7. The van der Waals surface area contributed by atoms with Crippen molar-refractivity contribution in [2.45, 2.75) is 68.7 Å². The van der Waals surface area contributed by atoms with Crippen LogP contribution in [-0.4, -0.2) is 79.1 Å². The Balaban J connectivity index is 1.51. The van der Waals surface area contributed by atoms with E-state index in [4.69, 9.17) is 4.74 Å². The molecule has 13 heteroatoms. The van der Waals surface area contributed by atoms with Gasteiger partial charge in [0.1, 0.15) is 6.61 Å². The van der Waals surface area contributed by atoms with E-state index < -0.39 is 33.6 Å². The molecule has 2 fully saturated rings. The van der Waals surface area contributed by atoms with Crippen LogP contribution in [0.4, 0.5) is 19.1 Å². The predicted octanol–water partition coefficient (Wildman–Crippen LogP) is 5.20. The molecule has 1 N–H and O–H groups in total. The Morgan fingerprint density at radius 1 is 1.07 bits per heavy atom. The highest BCUT2D eigenvalue weighted by Gasteiger charge is 2.64. The van der Waals surface area contributed by atoms with Crippen LogP contribution in [0, 0.1) is 19.3 Å². The number of amides is 1. The smallest absolute Gasteiger partial charge is 0.394 e. The molecule has 2 saturated carbocycles. The molecular formula is C31H34F3N5O4S. The van der Waals surface area contributed by atoms with Crippen molar-refractivity contribution in [1.29, 1.82) is 0 Å². The number of anilines is 1. The molecule has 1 aromatic heterocycles. The van der Waals surface area contributed by atoms with Crippen molar-refractivity contribution < 1.29 is 31.1 Å². The first-order valence-corrected chi connectivity index (χ1v) is 15.9. The minimum atomic E-state index is -4.44. The predicted molar refractivity (Wildman–Crippen MR) is 158 cm³/mol. The fraction of sp³-hybridized carbons (Fsp3) is 0.452. The Hall–Kier alpha value is -3.71. The lowest BCUT2D eigenvalue weighted by molar-refractivity contribution is -0.192. The van der Waals surface area contributed by atoms with E-state index in [0.29, 0.717) is 12.1 Å². The highest BCUT2D eigenvalue weighted by molar-refractivity contribution is 7.92. The van der Waals surface area contributed by atoms with Gasteiger partial charge in [0.2, 0.25) is 11.8 Å². The quantitative estimate of drug-likeness (QED) is 0.414. The lowest BCUT2D eigenvalue weighted by Crippen LogP contribution is -2.49. The molecule has 3 aromatic rings. The van der Waals surface area contributed by atoms with Gasteiger partial charge in [0.05, 0.1) is 22.0 Å². The molecule has 3 aliphatic rings. The number of benzene rings is 2. The van der Waals surface area contributed by atoms with Crippen LogP contribution in [0.3, 0.4) is 0 Å². The lowest BCUT2D eigenvalue weighted by atomic mass is 9.94. The van der Waals surface area contributed by atoms with Gasteiger partial charge in [-0.3, -0.25) is 4.79 Å². The van der Waals surface area contributed by atoms with Gasteiger partial charge in [0, 0.05) is 29.3 Å². The van der Waals surface area contributed by atoms with Crippen molar-refractivity contribution >= 4 is 21.9 Å². The van der Waals surface area contributed by atoms with Gasteiger partial charge in [-0.1, -0.05) is 24.3 Å². The number of carbonyl (C=O) groups is 1. The number of nitrogens with zero attached hydrogens (tertiary/aromatic N) is 4. The zero-order valence-electron chi connectivity index (χ0n) is 24.9. The summed E-state index contributed by atoms with van der Waals surface area (Å²) in [6, 6.07) is 11.3. The summed E-state index contributed by atoms with van der Waals surface area (Å²) in [4.78, 5) is 26.2. The molecule has 9 nitrogen and oxygen atoms in total. The number of alkyl halides is 3. The van der Waals surface area contributed by atoms with E-state index in [9.17, 15) is 26.4 Å². The topological polar surface area (TPSA) is 105 Å². The van der Waals surface area contributed by atoms with E-state index in [2.05, 4.69) is 14.7 Å². The third kappa shape index (κ3) is 5.63. The Bertz CT molecular complexity index is 1710. The minimum absolute atomic E-state index is 0.0180. The molecule has 1 amide bonds. The fourth-order valence-electron chi connectivity index (χ4n) is 6.25. The van der Waals surface area contributed by atoms with E-state index >= 15 is 0 Å².